The Balaban J connectivity index is 2.06. The molecule has 17 heavy (non-hydrogen) atoms. The third kappa shape index (κ3) is 3.17. The molecule has 0 aliphatic carbocycles. The number of nitrogens with zero attached hydrogens (tertiary/aromatic N) is 2. The lowest BCUT2D eigenvalue weighted by molar-refractivity contribution is 0.195. The molecule has 0 spiro atoms. The number of aryl methyl sites for hydroxylation is 1. The first kappa shape index (κ1) is 11.9. The molecule has 90 valence electrons. The molecular weight excluding hydrogens is 212 g/mol. The standard InChI is InChI=1S/C14H18N2O/c1-11(17)9-12-3-5-13(6-4-12)10-14-15-7-8-16(14)2/h3-8,11,17H,9-10H2,1-2H3. The molecular formula is C14H18N2O. The highest BCUT2D eigenvalue weighted by atomic mass is 16.3. The van der Waals surface area contributed by atoms with Crippen LogP contribution in [0.3, 0.4) is 0 Å². The largest absolute Gasteiger partial charge is 0.393 e. The molecule has 1 N–H and O–H groups in total. The van der Waals surface area contributed by atoms with Gasteiger partial charge in [0.1, 0.15) is 5.82 Å². The lowest BCUT2D eigenvalue weighted by atomic mass is 10.0. The van der Waals surface area contributed by atoms with E-state index in [0.717, 1.165) is 12.2 Å². The SMILES string of the molecule is CC(O)Cc1ccc(Cc2nccn2C)cc1. The van der Waals surface area contributed by atoms with Gasteiger partial charge in [-0.05, 0) is 24.5 Å². The highest BCUT2D eigenvalue weighted by Crippen LogP contribution is 2.10. The molecule has 1 heterocycles. The van der Waals surface area contributed by atoms with Crippen LogP contribution in [0.15, 0.2) is 36.7 Å². The molecule has 1 atom stereocenters. The van der Waals surface area contributed by atoms with E-state index in [2.05, 4.69) is 29.2 Å². The number of rotatable bonds is 4. The van der Waals surface area contributed by atoms with E-state index < -0.39 is 0 Å². The van der Waals surface area contributed by atoms with Crippen LogP contribution >= 0.6 is 0 Å². The molecule has 0 fully saturated rings. The minimum Gasteiger partial charge on any atom is -0.393 e. The molecule has 1 unspecified atom stereocenters. The van der Waals surface area contributed by atoms with Crippen molar-refractivity contribution in [3.8, 4) is 0 Å². The van der Waals surface area contributed by atoms with Gasteiger partial charge < -0.3 is 9.67 Å². The topological polar surface area (TPSA) is 38.1 Å². The summed E-state index contributed by atoms with van der Waals surface area (Å²) in [4.78, 5) is 4.30. The Hall–Kier alpha value is -1.61. The first-order valence-electron chi connectivity index (χ1n) is 5.87. The number of aromatic nitrogens is 2. The maximum Gasteiger partial charge on any atom is 0.112 e. The van der Waals surface area contributed by atoms with Gasteiger partial charge in [-0.2, -0.15) is 0 Å². The van der Waals surface area contributed by atoms with E-state index in [0.29, 0.717) is 6.42 Å². The number of hydrogen-bond donors (Lipinski definition) is 1. The molecule has 0 saturated heterocycles. The van der Waals surface area contributed by atoms with E-state index in [1.807, 2.05) is 30.9 Å². The summed E-state index contributed by atoms with van der Waals surface area (Å²) in [5, 5.41) is 9.31. The molecule has 0 radical (unpaired) electrons. The van der Waals surface area contributed by atoms with Crippen molar-refractivity contribution in [2.45, 2.75) is 25.9 Å². The predicted molar refractivity (Wildman–Crippen MR) is 67.8 cm³/mol. The van der Waals surface area contributed by atoms with E-state index >= 15 is 0 Å². The number of imidazole rings is 1. The van der Waals surface area contributed by atoms with Crippen LogP contribution < -0.4 is 0 Å². The van der Waals surface area contributed by atoms with Gasteiger partial charge in [-0.15, -0.1) is 0 Å². The molecule has 1 aromatic carbocycles. The van der Waals surface area contributed by atoms with Crippen molar-refractivity contribution < 1.29 is 5.11 Å². The molecule has 0 aliphatic heterocycles. The van der Waals surface area contributed by atoms with Gasteiger partial charge in [0.15, 0.2) is 0 Å². The molecule has 2 rings (SSSR count). The van der Waals surface area contributed by atoms with Crippen molar-refractivity contribution in [3.63, 3.8) is 0 Å². The van der Waals surface area contributed by atoms with Gasteiger partial charge in [0.2, 0.25) is 0 Å². The monoisotopic (exact) mass is 230 g/mol. The van der Waals surface area contributed by atoms with Gasteiger partial charge >= 0.3 is 0 Å². The second-order valence-corrected chi connectivity index (χ2v) is 4.50. The minimum absolute atomic E-state index is 0.282. The third-order valence-electron chi connectivity index (χ3n) is 2.84. The van der Waals surface area contributed by atoms with Gasteiger partial charge in [0.05, 0.1) is 6.10 Å². The van der Waals surface area contributed by atoms with Crippen LogP contribution in [0.5, 0.6) is 0 Å². The van der Waals surface area contributed by atoms with Crippen molar-refractivity contribution in [1.29, 1.82) is 0 Å². The van der Waals surface area contributed by atoms with E-state index in [-0.39, 0.29) is 6.10 Å². The Morgan fingerprint density at radius 3 is 2.41 bits per heavy atom. The zero-order valence-electron chi connectivity index (χ0n) is 10.3. The highest BCUT2D eigenvalue weighted by molar-refractivity contribution is 5.25. The van der Waals surface area contributed by atoms with Crippen molar-refractivity contribution >= 4 is 0 Å². The maximum absolute atomic E-state index is 9.31. The van der Waals surface area contributed by atoms with Crippen LogP contribution in [0.1, 0.15) is 23.9 Å². The van der Waals surface area contributed by atoms with E-state index in [9.17, 15) is 5.11 Å². The van der Waals surface area contributed by atoms with Gasteiger partial charge in [-0.1, -0.05) is 24.3 Å². The third-order valence-corrected chi connectivity index (χ3v) is 2.84. The average Bonchev–Trinajstić information content (AvgIpc) is 2.67. The fourth-order valence-corrected chi connectivity index (χ4v) is 1.88. The first-order chi connectivity index (χ1) is 8.15. The van der Waals surface area contributed by atoms with Crippen LogP contribution in [0, 0.1) is 0 Å². The minimum atomic E-state index is -0.282. The Kier molecular flexibility index (Phi) is 3.59. The lowest BCUT2D eigenvalue weighted by Crippen LogP contribution is -2.04. The van der Waals surface area contributed by atoms with Crippen molar-refractivity contribution in [3.05, 3.63) is 53.6 Å². The zero-order valence-corrected chi connectivity index (χ0v) is 10.3. The molecule has 3 heteroatoms. The summed E-state index contributed by atoms with van der Waals surface area (Å²) in [6.45, 7) is 1.81. The van der Waals surface area contributed by atoms with Crippen LogP contribution in [0.25, 0.3) is 0 Å². The van der Waals surface area contributed by atoms with Crippen LogP contribution in [0.4, 0.5) is 0 Å². The summed E-state index contributed by atoms with van der Waals surface area (Å²) in [7, 11) is 2.00. The van der Waals surface area contributed by atoms with Gasteiger partial charge in [-0.3, -0.25) is 0 Å². The summed E-state index contributed by atoms with van der Waals surface area (Å²) in [5.41, 5.74) is 2.41. The summed E-state index contributed by atoms with van der Waals surface area (Å²) >= 11 is 0. The molecule has 1 aromatic heterocycles. The highest BCUT2D eigenvalue weighted by Gasteiger charge is 2.02. The molecule has 0 aliphatic rings. The predicted octanol–water partition coefficient (Wildman–Crippen LogP) is 1.93. The normalized spacial score (nSPS) is 12.6. The fourth-order valence-electron chi connectivity index (χ4n) is 1.88. The fraction of sp³-hybridized carbons (Fsp3) is 0.357. The Morgan fingerprint density at radius 1 is 1.24 bits per heavy atom. The van der Waals surface area contributed by atoms with E-state index in [4.69, 9.17) is 0 Å². The zero-order chi connectivity index (χ0) is 12.3. The van der Waals surface area contributed by atoms with Crippen molar-refractivity contribution in [1.82, 2.24) is 9.55 Å². The van der Waals surface area contributed by atoms with E-state index in [1.165, 1.54) is 11.1 Å². The molecule has 0 saturated carbocycles. The van der Waals surface area contributed by atoms with Crippen LogP contribution in [-0.4, -0.2) is 20.8 Å². The Labute approximate surface area is 102 Å². The smallest absolute Gasteiger partial charge is 0.112 e. The Bertz CT molecular complexity index is 471. The number of aliphatic hydroxyl groups excluding tert-OH is 1. The van der Waals surface area contributed by atoms with Crippen LogP contribution in [0.2, 0.25) is 0 Å². The number of benzene rings is 1. The summed E-state index contributed by atoms with van der Waals surface area (Å²) < 4.78 is 2.03. The summed E-state index contributed by atoms with van der Waals surface area (Å²) in [5.74, 6) is 1.06. The van der Waals surface area contributed by atoms with Gasteiger partial charge in [-0.25, -0.2) is 4.98 Å². The van der Waals surface area contributed by atoms with Crippen molar-refractivity contribution in [2.24, 2.45) is 7.05 Å². The van der Waals surface area contributed by atoms with Crippen molar-refractivity contribution in [2.75, 3.05) is 0 Å². The Morgan fingerprint density at radius 2 is 1.88 bits per heavy atom. The van der Waals surface area contributed by atoms with E-state index in [1.54, 1.807) is 0 Å². The molecule has 3 nitrogen and oxygen atoms in total. The molecule has 0 bridgehead atoms. The number of aliphatic hydroxyl groups is 1. The van der Waals surface area contributed by atoms with Gasteiger partial charge in [0, 0.05) is 25.9 Å². The second-order valence-electron chi connectivity index (χ2n) is 4.50. The quantitative estimate of drug-likeness (QED) is 0.871. The molecule has 2 aromatic rings. The first-order valence-corrected chi connectivity index (χ1v) is 5.87. The molecule has 0 amide bonds. The lowest BCUT2D eigenvalue weighted by Gasteiger charge is -2.06. The van der Waals surface area contributed by atoms with Gasteiger partial charge in [0.25, 0.3) is 0 Å². The average molecular weight is 230 g/mol. The van der Waals surface area contributed by atoms with Crippen LogP contribution in [-0.2, 0) is 19.9 Å². The summed E-state index contributed by atoms with van der Waals surface area (Å²) in [6, 6.07) is 8.36. The number of hydrogen-bond acceptors (Lipinski definition) is 2. The maximum atomic E-state index is 9.31. The second kappa shape index (κ2) is 5.15. The summed E-state index contributed by atoms with van der Waals surface area (Å²) in [6.07, 6.45) is 5.05.